The maximum atomic E-state index is 11.2. The molecule has 1 unspecified atom stereocenters. The molecule has 16 heavy (non-hydrogen) atoms. The fraction of sp³-hybridized carbons (Fsp3) is 0.818. The molecule has 94 valence electrons. The van der Waals surface area contributed by atoms with Crippen molar-refractivity contribution >= 4 is 11.9 Å². The van der Waals surface area contributed by atoms with Crippen LogP contribution >= 0.6 is 0 Å². The molecule has 0 rings (SSSR count). The predicted octanol–water partition coefficient (Wildman–Crippen LogP) is 0.254. The van der Waals surface area contributed by atoms with E-state index in [0.717, 1.165) is 0 Å². The Hall–Kier alpha value is -1.10. The maximum absolute atomic E-state index is 11.2. The van der Waals surface area contributed by atoms with Crippen LogP contribution in [0.4, 0.5) is 0 Å². The lowest BCUT2D eigenvalue weighted by Crippen LogP contribution is -2.33. The molecule has 0 bridgehead atoms. The first-order valence-electron chi connectivity index (χ1n) is 5.54. The van der Waals surface area contributed by atoms with Gasteiger partial charge in [0.05, 0.1) is 13.0 Å². The Morgan fingerprint density at radius 1 is 1.44 bits per heavy atom. The average molecular weight is 230 g/mol. The Kier molecular flexibility index (Phi) is 7.54. The first-order valence-corrected chi connectivity index (χ1v) is 5.54. The zero-order valence-corrected chi connectivity index (χ0v) is 10.6. The number of amides is 1. The van der Waals surface area contributed by atoms with Gasteiger partial charge in [-0.25, -0.2) is 0 Å². The summed E-state index contributed by atoms with van der Waals surface area (Å²) in [5.41, 5.74) is 0. The van der Waals surface area contributed by atoms with E-state index in [1.54, 1.807) is 0 Å². The van der Waals surface area contributed by atoms with Gasteiger partial charge < -0.3 is 15.0 Å². The molecule has 1 atom stereocenters. The standard InChI is InChI=1S/C11H22N2O3/c1-5-12-10(14)6-7-13(3)8-9(2)11(15)16-4/h9H,5-8H2,1-4H3,(H,12,14). The molecule has 0 aliphatic rings. The largest absolute Gasteiger partial charge is 0.469 e. The van der Waals surface area contributed by atoms with Crippen LogP contribution in [0.1, 0.15) is 20.3 Å². The van der Waals surface area contributed by atoms with Crippen LogP contribution in [0.5, 0.6) is 0 Å². The molecule has 0 aromatic heterocycles. The van der Waals surface area contributed by atoms with Gasteiger partial charge in [-0.2, -0.15) is 0 Å². The second-order valence-electron chi connectivity index (χ2n) is 3.89. The Morgan fingerprint density at radius 2 is 2.06 bits per heavy atom. The molecule has 0 spiro atoms. The predicted molar refractivity (Wildman–Crippen MR) is 62.0 cm³/mol. The first-order chi connectivity index (χ1) is 7.51. The molecule has 5 heteroatoms. The topological polar surface area (TPSA) is 58.6 Å². The smallest absolute Gasteiger partial charge is 0.309 e. The van der Waals surface area contributed by atoms with E-state index in [1.165, 1.54) is 7.11 Å². The van der Waals surface area contributed by atoms with E-state index in [0.29, 0.717) is 26.1 Å². The number of nitrogens with zero attached hydrogens (tertiary/aromatic N) is 1. The van der Waals surface area contributed by atoms with Crippen LogP contribution in [0.15, 0.2) is 0 Å². The first kappa shape index (κ1) is 14.9. The lowest BCUT2D eigenvalue weighted by Gasteiger charge is -2.19. The molecule has 0 aromatic carbocycles. The third-order valence-electron chi connectivity index (χ3n) is 2.28. The van der Waals surface area contributed by atoms with Gasteiger partial charge in [0.15, 0.2) is 0 Å². The minimum absolute atomic E-state index is 0.0417. The van der Waals surface area contributed by atoms with Crippen molar-refractivity contribution in [3.8, 4) is 0 Å². The van der Waals surface area contributed by atoms with Crippen LogP contribution in [-0.2, 0) is 14.3 Å². The van der Waals surface area contributed by atoms with Crippen molar-refractivity contribution in [2.75, 3.05) is 33.8 Å². The molecule has 1 amide bonds. The Balaban J connectivity index is 3.77. The summed E-state index contributed by atoms with van der Waals surface area (Å²) in [6.07, 6.45) is 0.457. The molecule has 0 aromatic rings. The highest BCUT2D eigenvalue weighted by atomic mass is 16.5. The zero-order valence-electron chi connectivity index (χ0n) is 10.6. The van der Waals surface area contributed by atoms with Crippen LogP contribution in [0.3, 0.4) is 0 Å². The Bertz CT molecular complexity index is 231. The van der Waals surface area contributed by atoms with Crippen molar-refractivity contribution in [2.24, 2.45) is 5.92 Å². The number of rotatable bonds is 7. The van der Waals surface area contributed by atoms with E-state index in [9.17, 15) is 9.59 Å². The average Bonchev–Trinajstić information content (AvgIpc) is 2.25. The minimum atomic E-state index is -0.218. The number of ether oxygens (including phenoxy) is 1. The van der Waals surface area contributed by atoms with E-state index in [1.807, 2.05) is 25.8 Å². The molecule has 0 radical (unpaired) electrons. The third-order valence-corrected chi connectivity index (χ3v) is 2.28. The van der Waals surface area contributed by atoms with Gasteiger partial charge in [0.2, 0.25) is 5.91 Å². The summed E-state index contributed by atoms with van der Waals surface area (Å²) < 4.78 is 4.63. The third kappa shape index (κ3) is 6.40. The highest BCUT2D eigenvalue weighted by Crippen LogP contribution is 2.01. The summed E-state index contributed by atoms with van der Waals surface area (Å²) in [5, 5.41) is 2.73. The zero-order chi connectivity index (χ0) is 12.6. The van der Waals surface area contributed by atoms with E-state index in [2.05, 4.69) is 10.1 Å². The van der Waals surface area contributed by atoms with Crippen LogP contribution in [0.2, 0.25) is 0 Å². The van der Waals surface area contributed by atoms with Gasteiger partial charge >= 0.3 is 5.97 Å². The lowest BCUT2D eigenvalue weighted by molar-refractivity contribution is -0.145. The van der Waals surface area contributed by atoms with E-state index >= 15 is 0 Å². The number of nitrogens with one attached hydrogen (secondary N) is 1. The van der Waals surface area contributed by atoms with Gasteiger partial charge in [0.25, 0.3) is 0 Å². The number of hydrogen-bond acceptors (Lipinski definition) is 4. The van der Waals surface area contributed by atoms with Gasteiger partial charge in [-0.1, -0.05) is 6.92 Å². The highest BCUT2D eigenvalue weighted by molar-refractivity contribution is 5.76. The van der Waals surface area contributed by atoms with Crippen LogP contribution < -0.4 is 5.32 Å². The summed E-state index contributed by atoms with van der Waals surface area (Å²) in [6, 6.07) is 0. The summed E-state index contributed by atoms with van der Waals surface area (Å²) in [6.45, 7) is 5.61. The normalized spacial score (nSPS) is 12.3. The molecule has 0 aliphatic carbocycles. The number of esters is 1. The number of carbonyl (C=O) groups excluding carboxylic acids is 2. The quantitative estimate of drug-likeness (QED) is 0.637. The van der Waals surface area contributed by atoms with Crippen molar-refractivity contribution < 1.29 is 14.3 Å². The highest BCUT2D eigenvalue weighted by Gasteiger charge is 2.15. The van der Waals surface area contributed by atoms with Crippen molar-refractivity contribution in [3.05, 3.63) is 0 Å². The number of hydrogen-bond donors (Lipinski definition) is 1. The van der Waals surface area contributed by atoms with Crippen LogP contribution in [0, 0.1) is 5.92 Å². The van der Waals surface area contributed by atoms with Crippen molar-refractivity contribution in [1.82, 2.24) is 10.2 Å². The second-order valence-corrected chi connectivity index (χ2v) is 3.89. The molecular weight excluding hydrogens is 208 g/mol. The molecule has 0 saturated heterocycles. The summed E-state index contributed by atoms with van der Waals surface area (Å²) >= 11 is 0. The van der Waals surface area contributed by atoms with E-state index in [-0.39, 0.29) is 17.8 Å². The molecule has 0 fully saturated rings. The summed E-state index contributed by atoms with van der Waals surface area (Å²) in [5.74, 6) is -0.339. The van der Waals surface area contributed by atoms with Crippen molar-refractivity contribution in [3.63, 3.8) is 0 Å². The van der Waals surface area contributed by atoms with Crippen LogP contribution in [-0.4, -0.2) is 50.6 Å². The SMILES string of the molecule is CCNC(=O)CCN(C)CC(C)C(=O)OC. The lowest BCUT2D eigenvalue weighted by atomic mass is 10.1. The molecule has 0 saturated carbocycles. The van der Waals surface area contributed by atoms with Gasteiger partial charge in [0, 0.05) is 26.1 Å². The van der Waals surface area contributed by atoms with Gasteiger partial charge in [-0.3, -0.25) is 9.59 Å². The molecule has 1 N–H and O–H groups in total. The fourth-order valence-electron chi connectivity index (χ4n) is 1.41. The summed E-state index contributed by atoms with van der Waals surface area (Å²) in [4.78, 5) is 24.3. The molecule has 0 aliphatic heterocycles. The van der Waals surface area contributed by atoms with Crippen molar-refractivity contribution in [2.45, 2.75) is 20.3 Å². The fourth-order valence-corrected chi connectivity index (χ4v) is 1.41. The Labute approximate surface area is 97.1 Å². The number of methoxy groups -OCH3 is 1. The summed E-state index contributed by atoms with van der Waals surface area (Å²) in [7, 11) is 3.27. The van der Waals surface area contributed by atoms with Gasteiger partial charge in [-0.15, -0.1) is 0 Å². The molecular formula is C11H22N2O3. The number of carbonyl (C=O) groups is 2. The Morgan fingerprint density at radius 3 is 2.56 bits per heavy atom. The molecule has 5 nitrogen and oxygen atoms in total. The van der Waals surface area contributed by atoms with Gasteiger partial charge in [-0.05, 0) is 14.0 Å². The van der Waals surface area contributed by atoms with E-state index in [4.69, 9.17) is 0 Å². The van der Waals surface area contributed by atoms with Crippen LogP contribution in [0.25, 0.3) is 0 Å². The van der Waals surface area contributed by atoms with E-state index < -0.39 is 0 Å². The maximum Gasteiger partial charge on any atom is 0.309 e. The van der Waals surface area contributed by atoms with Crippen molar-refractivity contribution in [1.29, 1.82) is 0 Å². The van der Waals surface area contributed by atoms with Gasteiger partial charge in [0.1, 0.15) is 0 Å². The molecule has 0 heterocycles. The second kappa shape index (κ2) is 8.10. The minimum Gasteiger partial charge on any atom is -0.469 e. The monoisotopic (exact) mass is 230 g/mol.